The van der Waals surface area contributed by atoms with Gasteiger partial charge in [-0.05, 0) is 35.9 Å². The predicted molar refractivity (Wildman–Crippen MR) is 81.1 cm³/mol. The molecular weight excluding hydrogens is 274 g/mol. The Bertz CT molecular complexity index is 622. The third-order valence-corrected chi connectivity index (χ3v) is 3.15. The van der Waals surface area contributed by atoms with Crippen LogP contribution in [0.3, 0.4) is 0 Å². The predicted octanol–water partition coefficient (Wildman–Crippen LogP) is 3.60. The fourth-order valence-electron chi connectivity index (χ4n) is 1.71. The minimum atomic E-state index is 0.220. The zero-order valence-corrected chi connectivity index (χ0v) is 11.4. The van der Waals surface area contributed by atoms with Crippen LogP contribution in [0.1, 0.15) is 11.1 Å². The molecule has 0 aliphatic heterocycles. The first-order chi connectivity index (χ1) is 9.70. The minimum Gasteiger partial charge on any atom is -0.382 e. The Morgan fingerprint density at radius 3 is 2.50 bits per heavy atom. The molecule has 0 saturated carbocycles. The quantitative estimate of drug-likeness (QED) is 0.339. The topological polar surface area (TPSA) is 86.6 Å². The maximum Gasteiger partial charge on any atom is 0.155 e. The molecule has 2 rings (SSSR count). The highest BCUT2D eigenvalue weighted by Gasteiger charge is 2.01. The summed E-state index contributed by atoms with van der Waals surface area (Å²) in [6.45, 7) is 0.643. The van der Waals surface area contributed by atoms with Crippen molar-refractivity contribution < 1.29 is 0 Å². The highest BCUT2D eigenvalue weighted by molar-refractivity contribution is 6.31. The number of nitrogens with two attached hydrogens (primary N) is 1. The highest BCUT2D eigenvalue weighted by atomic mass is 35.5. The summed E-state index contributed by atoms with van der Waals surface area (Å²) in [5, 5.41) is 10.4. The van der Waals surface area contributed by atoms with Gasteiger partial charge >= 0.3 is 0 Å². The van der Waals surface area contributed by atoms with Gasteiger partial charge in [-0.1, -0.05) is 35.0 Å². The van der Waals surface area contributed by atoms with Crippen LogP contribution in [0, 0.1) is 5.53 Å². The standard InChI is InChI=1S/C14H14ClN5/c15-13-4-2-1-3-11(13)9-18-12-7-5-10(6-8-12)14(16)19-20-17/h1-8,18H,9H2,(H3,16,17,19). The van der Waals surface area contributed by atoms with Crippen molar-refractivity contribution in [3.63, 3.8) is 0 Å². The highest BCUT2D eigenvalue weighted by Crippen LogP contribution is 2.17. The van der Waals surface area contributed by atoms with E-state index in [9.17, 15) is 0 Å². The second kappa shape index (κ2) is 6.68. The molecular formula is C14H14ClN5. The van der Waals surface area contributed by atoms with E-state index in [2.05, 4.69) is 15.6 Å². The molecule has 0 saturated heterocycles. The number of amidine groups is 1. The van der Waals surface area contributed by atoms with E-state index < -0.39 is 0 Å². The molecule has 0 atom stereocenters. The van der Waals surface area contributed by atoms with Gasteiger partial charge in [0.15, 0.2) is 5.84 Å². The van der Waals surface area contributed by atoms with Crippen molar-refractivity contribution in [2.75, 3.05) is 5.32 Å². The van der Waals surface area contributed by atoms with Gasteiger partial charge in [-0.2, -0.15) is 5.53 Å². The number of rotatable bonds is 5. The summed E-state index contributed by atoms with van der Waals surface area (Å²) >= 11 is 6.09. The van der Waals surface area contributed by atoms with Crippen molar-refractivity contribution in [2.45, 2.75) is 6.54 Å². The monoisotopic (exact) mass is 287 g/mol. The van der Waals surface area contributed by atoms with Gasteiger partial charge in [-0.25, -0.2) is 0 Å². The van der Waals surface area contributed by atoms with E-state index in [1.807, 2.05) is 48.5 Å². The van der Waals surface area contributed by atoms with Crippen LogP contribution in [0.4, 0.5) is 5.69 Å². The average molecular weight is 288 g/mol. The maximum absolute atomic E-state index is 6.64. The average Bonchev–Trinajstić information content (AvgIpc) is 2.47. The Balaban J connectivity index is 2.03. The van der Waals surface area contributed by atoms with Gasteiger partial charge in [0.2, 0.25) is 0 Å². The van der Waals surface area contributed by atoms with Gasteiger partial charge < -0.3 is 11.1 Å². The molecule has 0 bridgehead atoms. The summed E-state index contributed by atoms with van der Waals surface area (Å²) in [4.78, 5) is 0. The van der Waals surface area contributed by atoms with E-state index in [1.54, 1.807) is 0 Å². The summed E-state index contributed by atoms with van der Waals surface area (Å²) in [7, 11) is 0. The number of anilines is 1. The zero-order valence-electron chi connectivity index (χ0n) is 10.7. The second-order valence-electron chi connectivity index (χ2n) is 4.11. The molecule has 0 radical (unpaired) electrons. The summed E-state index contributed by atoms with van der Waals surface area (Å²) in [5.74, 6) is 0.220. The Hall–Kier alpha value is -2.40. The molecule has 0 heterocycles. The van der Waals surface area contributed by atoms with Crippen molar-refractivity contribution >= 4 is 23.1 Å². The van der Waals surface area contributed by atoms with Crippen LogP contribution in [0.2, 0.25) is 5.02 Å². The number of halogens is 1. The Morgan fingerprint density at radius 2 is 1.85 bits per heavy atom. The Morgan fingerprint density at radius 1 is 1.15 bits per heavy atom. The SMILES string of the molecule is N=NN=C(N)c1ccc(NCc2ccccc2Cl)cc1. The van der Waals surface area contributed by atoms with Gasteiger partial charge in [-0.15, -0.1) is 5.10 Å². The molecule has 20 heavy (non-hydrogen) atoms. The van der Waals surface area contributed by atoms with Gasteiger partial charge in [0.25, 0.3) is 0 Å². The normalized spacial score (nSPS) is 11.2. The van der Waals surface area contributed by atoms with E-state index >= 15 is 0 Å². The zero-order chi connectivity index (χ0) is 14.4. The second-order valence-corrected chi connectivity index (χ2v) is 4.51. The number of nitrogens with zero attached hydrogens (tertiary/aromatic N) is 2. The molecule has 0 aliphatic rings. The van der Waals surface area contributed by atoms with Crippen molar-refractivity contribution in [3.8, 4) is 0 Å². The van der Waals surface area contributed by atoms with E-state index in [0.29, 0.717) is 6.54 Å². The molecule has 0 amide bonds. The summed E-state index contributed by atoms with van der Waals surface area (Å²) < 4.78 is 0. The molecule has 2 aromatic carbocycles. The molecule has 0 unspecified atom stereocenters. The first-order valence-corrected chi connectivity index (χ1v) is 6.36. The number of hydrogen-bond donors (Lipinski definition) is 3. The van der Waals surface area contributed by atoms with Crippen LogP contribution >= 0.6 is 11.6 Å². The van der Waals surface area contributed by atoms with Crippen LogP contribution in [0.15, 0.2) is 58.9 Å². The molecule has 0 spiro atoms. The number of hydrogen-bond acceptors (Lipinski definition) is 3. The molecule has 0 aliphatic carbocycles. The Kier molecular flexibility index (Phi) is 4.68. The lowest BCUT2D eigenvalue weighted by Gasteiger charge is -2.08. The molecule has 0 fully saturated rings. The minimum absolute atomic E-state index is 0.220. The summed E-state index contributed by atoms with van der Waals surface area (Å²) in [6.07, 6.45) is 0. The first-order valence-electron chi connectivity index (χ1n) is 5.98. The van der Waals surface area contributed by atoms with Crippen LogP contribution < -0.4 is 11.1 Å². The van der Waals surface area contributed by atoms with Crippen molar-refractivity contribution in [3.05, 3.63) is 64.7 Å². The smallest absolute Gasteiger partial charge is 0.155 e. The van der Waals surface area contributed by atoms with Gasteiger partial charge in [-0.3, -0.25) is 0 Å². The molecule has 6 heteroatoms. The van der Waals surface area contributed by atoms with Crippen LogP contribution in [0.25, 0.3) is 0 Å². The van der Waals surface area contributed by atoms with Crippen molar-refractivity contribution in [1.29, 1.82) is 5.53 Å². The number of benzene rings is 2. The summed E-state index contributed by atoms with van der Waals surface area (Å²) in [6, 6.07) is 15.1. The fraction of sp³-hybridized carbons (Fsp3) is 0.0714. The van der Waals surface area contributed by atoms with E-state index in [4.69, 9.17) is 22.9 Å². The van der Waals surface area contributed by atoms with E-state index in [0.717, 1.165) is 21.8 Å². The fourth-order valence-corrected chi connectivity index (χ4v) is 1.91. The van der Waals surface area contributed by atoms with Gasteiger partial charge in [0.05, 0.1) is 0 Å². The van der Waals surface area contributed by atoms with Crippen LogP contribution in [0.5, 0.6) is 0 Å². The summed E-state index contributed by atoms with van der Waals surface area (Å²) in [5.41, 5.74) is 15.0. The van der Waals surface area contributed by atoms with E-state index in [1.165, 1.54) is 0 Å². The lowest BCUT2D eigenvalue weighted by Crippen LogP contribution is -2.12. The first kappa shape index (κ1) is 14.0. The largest absolute Gasteiger partial charge is 0.382 e. The third kappa shape index (κ3) is 3.55. The molecule has 102 valence electrons. The number of nitrogens with one attached hydrogen (secondary N) is 2. The lowest BCUT2D eigenvalue weighted by atomic mass is 10.2. The Labute approximate surface area is 122 Å². The lowest BCUT2D eigenvalue weighted by molar-refractivity contribution is 0.986. The molecule has 5 nitrogen and oxygen atoms in total. The van der Waals surface area contributed by atoms with Crippen LogP contribution in [-0.4, -0.2) is 5.84 Å². The molecule has 2 aromatic rings. The maximum atomic E-state index is 6.64. The third-order valence-electron chi connectivity index (χ3n) is 2.78. The van der Waals surface area contributed by atoms with Gasteiger partial charge in [0, 0.05) is 22.8 Å². The van der Waals surface area contributed by atoms with Crippen LogP contribution in [-0.2, 0) is 6.54 Å². The van der Waals surface area contributed by atoms with Crippen molar-refractivity contribution in [2.24, 2.45) is 16.1 Å². The molecule has 4 N–H and O–H groups in total. The molecule has 0 aromatic heterocycles. The van der Waals surface area contributed by atoms with Crippen molar-refractivity contribution in [1.82, 2.24) is 0 Å². The van der Waals surface area contributed by atoms with E-state index in [-0.39, 0.29) is 5.84 Å². The van der Waals surface area contributed by atoms with Gasteiger partial charge in [0.1, 0.15) is 0 Å².